The van der Waals surface area contributed by atoms with E-state index in [0.717, 1.165) is 5.56 Å². The van der Waals surface area contributed by atoms with E-state index in [1.165, 1.54) is 4.90 Å². The minimum absolute atomic E-state index is 0.00814. The Balaban J connectivity index is 2.21. The second kappa shape index (κ2) is 6.72. The summed E-state index contributed by atoms with van der Waals surface area (Å²) in [6, 6.07) is 5.35. The van der Waals surface area contributed by atoms with Gasteiger partial charge < -0.3 is 20.2 Å². The van der Waals surface area contributed by atoms with Crippen molar-refractivity contribution in [2.75, 3.05) is 19.7 Å². The van der Waals surface area contributed by atoms with Crippen molar-refractivity contribution in [3.8, 4) is 11.8 Å². The second-order valence-corrected chi connectivity index (χ2v) is 5.15. The number of aryl methyl sites for hydroxylation is 1. The van der Waals surface area contributed by atoms with Crippen LogP contribution in [0.4, 0.5) is 0 Å². The van der Waals surface area contributed by atoms with Gasteiger partial charge in [0, 0.05) is 30.6 Å². The van der Waals surface area contributed by atoms with Crippen molar-refractivity contribution in [3.63, 3.8) is 0 Å². The molecule has 0 saturated carbocycles. The van der Waals surface area contributed by atoms with Crippen LogP contribution in [0.25, 0.3) is 0 Å². The predicted molar refractivity (Wildman–Crippen MR) is 77.7 cm³/mol. The Morgan fingerprint density at radius 1 is 1.33 bits per heavy atom. The molecule has 3 N–H and O–H groups in total. The third kappa shape index (κ3) is 3.61. The molecule has 1 aliphatic heterocycles. The lowest BCUT2D eigenvalue weighted by Gasteiger charge is -2.17. The van der Waals surface area contributed by atoms with E-state index >= 15 is 0 Å². The highest BCUT2D eigenvalue weighted by Crippen LogP contribution is 2.18. The molecule has 21 heavy (non-hydrogen) atoms. The molecule has 1 aliphatic rings. The molecule has 112 valence electrons. The van der Waals surface area contributed by atoms with Gasteiger partial charge in [-0.05, 0) is 24.6 Å². The van der Waals surface area contributed by atoms with E-state index in [1.807, 2.05) is 19.1 Å². The van der Waals surface area contributed by atoms with Crippen molar-refractivity contribution in [2.24, 2.45) is 0 Å². The fourth-order valence-electron chi connectivity index (χ4n) is 2.26. The summed E-state index contributed by atoms with van der Waals surface area (Å²) in [4.78, 5) is 13.9. The molecule has 0 bridgehead atoms. The number of benzene rings is 1. The molecule has 2 atom stereocenters. The highest BCUT2D eigenvalue weighted by atomic mass is 16.3. The Morgan fingerprint density at radius 3 is 2.62 bits per heavy atom. The van der Waals surface area contributed by atoms with Crippen molar-refractivity contribution in [3.05, 3.63) is 34.9 Å². The molecule has 1 aromatic rings. The highest BCUT2D eigenvalue weighted by molar-refractivity contribution is 5.96. The summed E-state index contributed by atoms with van der Waals surface area (Å²) >= 11 is 0. The number of hydrogen-bond donors (Lipinski definition) is 3. The molecule has 5 heteroatoms. The first-order chi connectivity index (χ1) is 10.0. The first-order valence-electron chi connectivity index (χ1n) is 6.88. The largest absolute Gasteiger partial charge is 0.395 e. The van der Waals surface area contributed by atoms with E-state index in [9.17, 15) is 15.0 Å². The number of aliphatic hydroxyl groups excluding tert-OH is 3. The Labute approximate surface area is 123 Å². The Bertz CT molecular complexity index is 578. The summed E-state index contributed by atoms with van der Waals surface area (Å²) in [5, 5.41) is 27.8. The number of carbonyl (C=O) groups excluding carboxylic acids is 1. The summed E-state index contributed by atoms with van der Waals surface area (Å²) in [5.74, 6) is 5.50. The Morgan fingerprint density at radius 2 is 2.00 bits per heavy atom. The average Bonchev–Trinajstić information content (AvgIpc) is 2.80. The summed E-state index contributed by atoms with van der Waals surface area (Å²) < 4.78 is 0. The van der Waals surface area contributed by atoms with Gasteiger partial charge in [-0.15, -0.1) is 0 Å². The van der Waals surface area contributed by atoms with Gasteiger partial charge in [-0.1, -0.05) is 17.9 Å². The zero-order chi connectivity index (χ0) is 15.4. The topological polar surface area (TPSA) is 81.0 Å². The van der Waals surface area contributed by atoms with Gasteiger partial charge in [0.1, 0.15) is 0 Å². The molecule has 1 heterocycles. The lowest BCUT2D eigenvalue weighted by Crippen LogP contribution is -2.30. The molecule has 1 saturated heterocycles. The number of amides is 1. The maximum absolute atomic E-state index is 12.5. The third-order valence-corrected chi connectivity index (χ3v) is 3.48. The monoisotopic (exact) mass is 289 g/mol. The van der Waals surface area contributed by atoms with E-state index < -0.39 is 12.2 Å². The number of likely N-dealkylation sites (tertiary alicyclic amines) is 1. The van der Waals surface area contributed by atoms with Gasteiger partial charge in [-0.25, -0.2) is 0 Å². The van der Waals surface area contributed by atoms with Gasteiger partial charge in [0.05, 0.1) is 18.8 Å². The van der Waals surface area contributed by atoms with Crippen LogP contribution in [0.2, 0.25) is 0 Å². The third-order valence-electron chi connectivity index (χ3n) is 3.48. The SMILES string of the molecule is Cc1ccc(C#CCCO)cc1C(=O)N1CC(O)C(O)C1. The van der Waals surface area contributed by atoms with E-state index in [-0.39, 0.29) is 25.6 Å². The smallest absolute Gasteiger partial charge is 0.254 e. The number of carbonyl (C=O) groups is 1. The molecular formula is C16H19NO4. The van der Waals surface area contributed by atoms with Crippen molar-refractivity contribution in [1.82, 2.24) is 4.90 Å². The summed E-state index contributed by atoms with van der Waals surface area (Å²) in [6.45, 7) is 2.12. The van der Waals surface area contributed by atoms with Gasteiger partial charge in [-0.3, -0.25) is 4.79 Å². The Kier molecular flexibility index (Phi) is 4.97. The van der Waals surface area contributed by atoms with Crippen LogP contribution in [-0.4, -0.2) is 58.0 Å². The van der Waals surface area contributed by atoms with Crippen LogP contribution in [0.5, 0.6) is 0 Å². The molecule has 1 amide bonds. The first-order valence-corrected chi connectivity index (χ1v) is 6.88. The number of rotatable bonds is 2. The van der Waals surface area contributed by atoms with Crippen LogP contribution in [0.15, 0.2) is 18.2 Å². The minimum Gasteiger partial charge on any atom is -0.395 e. The van der Waals surface area contributed by atoms with E-state index in [2.05, 4.69) is 11.8 Å². The number of β-amino-alcohol motifs (C(OH)–C–C–N with tert-alkyl or cyclic N) is 2. The van der Waals surface area contributed by atoms with Crippen LogP contribution in [0.1, 0.15) is 27.9 Å². The van der Waals surface area contributed by atoms with Gasteiger partial charge in [0.15, 0.2) is 0 Å². The number of nitrogens with zero attached hydrogens (tertiary/aromatic N) is 1. The second-order valence-electron chi connectivity index (χ2n) is 5.15. The first kappa shape index (κ1) is 15.5. The molecule has 5 nitrogen and oxygen atoms in total. The van der Waals surface area contributed by atoms with Crippen molar-refractivity contribution in [1.29, 1.82) is 0 Å². The quantitative estimate of drug-likeness (QED) is 0.665. The van der Waals surface area contributed by atoms with Gasteiger partial charge in [0.2, 0.25) is 0 Å². The van der Waals surface area contributed by atoms with E-state index in [0.29, 0.717) is 17.5 Å². The summed E-state index contributed by atoms with van der Waals surface area (Å²) in [5.41, 5.74) is 2.05. The molecule has 2 rings (SSSR count). The normalized spacial score (nSPS) is 21.0. The maximum atomic E-state index is 12.5. The fraction of sp³-hybridized carbons (Fsp3) is 0.438. The van der Waals surface area contributed by atoms with Crippen molar-refractivity contribution < 1.29 is 20.1 Å². The fourth-order valence-corrected chi connectivity index (χ4v) is 2.26. The van der Waals surface area contributed by atoms with Crippen molar-refractivity contribution >= 4 is 5.91 Å². The van der Waals surface area contributed by atoms with Crippen LogP contribution in [0, 0.1) is 18.8 Å². The number of hydrogen-bond acceptors (Lipinski definition) is 4. The van der Waals surface area contributed by atoms with Crippen LogP contribution in [-0.2, 0) is 0 Å². The predicted octanol–water partition coefficient (Wildman–Crippen LogP) is -0.0935. The van der Waals surface area contributed by atoms with Gasteiger partial charge in [-0.2, -0.15) is 0 Å². The summed E-state index contributed by atoms with van der Waals surface area (Å²) in [6.07, 6.45) is -1.38. The maximum Gasteiger partial charge on any atom is 0.254 e. The number of aliphatic hydroxyl groups is 3. The molecular weight excluding hydrogens is 270 g/mol. The molecule has 1 aromatic carbocycles. The van der Waals surface area contributed by atoms with E-state index in [4.69, 9.17) is 5.11 Å². The molecule has 0 radical (unpaired) electrons. The molecule has 1 fully saturated rings. The molecule has 0 aliphatic carbocycles. The minimum atomic E-state index is -0.887. The summed E-state index contributed by atoms with van der Waals surface area (Å²) in [7, 11) is 0. The zero-order valence-corrected chi connectivity index (χ0v) is 11.9. The zero-order valence-electron chi connectivity index (χ0n) is 11.9. The lowest BCUT2D eigenvalue weighted by atomic mass is 10.0. The molecule has 2 unspecified atom stereocenters. The highest BCUT2D eigenvalue weighted by Gasteiger charge is 2.33. The van der Waals surface area contributed by atoms with Gasteiger partial charge in [0.25, 0.3) is 5.91 Å². The molecule has 0 aromatic heterocycles. The van der Waals surface area contributed by atoms with E-state index in [1.54, 1.807) is 6.07 Å². The standard InChI is InChI=1S/C16H19NO4/c1-11-5-6-12(4-2-3-7-18)8-13(11)16(21)17-9-14(19)15(20)10-17/h5-6,8,14-15,18-20H,3,7,9-10H2,1H3. The van der Waals surface area contributed by atoms with Crippen molar-refractivity contribution in [2.45, 2.75) is 25.6 Å². The van der Waals surface area contributed by atoms with Crippen LogP contribution in [0.3, 0.4) is 0 Å². The average molecular weight is 289 g/mol. The lowest BCUT2D eigenvalue weighted by molar-refractivity contribution is 0.0572. The van der Waals surface area contributed by atoms with Gasteiger partial charge >= 0.3 is 0 Å². The van der Waals surface area contributed by atoms with Crippen LogP contribution < -0.4 is 0 Å². The van der Waals surface area contributed by atoms with Crippen LogP contribution >= 0.6 is 0 Å². The Hall–Kier alpha value is -1.87. The molecule has 0 spiro atoms.